The third-order valence-electron chi connectivity index (χ3n) is 5.27. The van der Waals surface area contributed by atoms with E-state index in [4.69, 9.17) is 9.52 Å². The molecule has 190 valence electrons. The highest BCUT2D eigenvalue weighted by atomic mass is 19.4. The first-order valence-corrected chi connectivity index (χ1v) is 10.7. The van der Waals surface area contributed by atoms with Gasteiger partial charge in [0.25, 0.3) is 0 Å². The molecule has 0 bridgehead atoms. The number of carboxylic acid groups (broad SMARTS) is 1. The van der Waals surface area contributed by atoms with E-state index < -0.39 is 41.4 Å². The minimum atomic E-state index is -4.28. The van der Waals surface area contributed by atoms with Gasteiger partial charge < -0.3 is 19.2 Å². The van der Waals surface area contributed by atoms with Gasteiger partial charge in [0.15, 0.2) is 5.78 Å². The highest BCUT2D eigenvalue weighted by Crippen LogP contribution is 2.27. The molecule has 1 unspecified atom stereocenters. The lowest BCUT2D eigenvalue weighted by atomic mass is 9.99. The van der Waals surface area contributed by atoms with Crippen molar-refractivity contribution in [2.45, 2.75) is 51.6 Å². The summed E-state index contributed by atoms with van der Waals surface area (Å²) in [4.78, 5) is 35.7. The summed E-state index contributed by atoms with van der Waals surface area (Å²) >= 11 is 0. The summed E-state index contributed by atoms with van der Waals surface area (Å²) in [5.74, 6) is -1.44. The summed E-state index contributed by atoms with van der Waals surface area (Å²) in [5.41, 5.74) is -0.538. The zero-order valence-electron chi connectivity index (χ0n) is 19.5. The topological polar surface area (TPSA) is 122 Å². The van der Waals surface area contributed by atoms with Crippen LogP contribution in [0.4, 0.5) is 18.0 Å². The van der Waals surface area contributed by atoms with Gasteiger partial charge in [-0.3, -0.25) is 10.1 Å². The van der Waals surface area contributed by atoms with Crippen LogP contribution in [0, 0.1) is 0 Å². The smallest absolute Gasteiger partial charge is 0.408 e. The van der Waals surface area contributed by atoms with Crippen LogP contribution >= 0.6 is 0 Å². The van der Waals surface area contributed by atoms with Crippen LogP contribution in [0.3, 0.4) is 0 Å². The lowest BCUT2D eigenvalue weighted by Crippen LogP contribution is -2.16. The monoisotopic (exact) mass is 496 g/mol. The second-order valence-electron chi connectivity index (χ2n) is 8.18. The number of hydrogen-bond acceptors (Lipinski definition) is 5. The Hall–Kier alpha value is -3.76. The van der Waals surface area contributed by atoms with Gasteiger partial charge >= 0.3 is 17.9 Å². The highest BCUT2D eigenvalue weighted by Gasteiger charge is 2.27. The van der Waals surface area contributed by atoms with E-state index in [2.05, 4.69) is 5.32 Å². The van der Waals surface area contributed by atoms with E-state index in [1.54, 1.807) is 24.6 Å². The molecule has 0 saturated heterocycles. The number of carbonyl (C=O) groups excluding carboxylic acids is 1. The molecule has 0 saturated carbocycles. The second-order valence-corrected chi connectivity index (χ2v) is 8.18. The fraction of sp³-hybridized carbons (Fsp3) is 0.375. The fourth-order valence-electron chi connectivity index (χ4n) is 3.36. The van der Waals surface area contributed by atoms with Crippen molar-refractivity contribution in [2.75, 3.05) is 0 Å². The highest BCUT2D eigenvalue weighted by molar-refractivity contribution is 6.12. The molecule has 2 aromatic heterocycles. The van der Waals surface area contributed by atoms with E-state index in [9.17, 15) is 32.7 Å². The number of alkyl halides is 3. The van der Waals surface area contributed by atoms with Crippen LogP contribution < -0.4 is 10.9 Å². The van der Waals surface area contributed by atoms with Crippen LogP contribution in [0.5, 0.6) is 5.75 Å². The molecule has 1 atom stereocenters. The minimum Gasteiger partial charge on any atom is -0.507 e. The summed E-state index contributed by atoms with van der Waals surface area (Å²) in [6.45, 7) is 3.17. The number of hydrogen-bond donors (Lipinski definition) is 3. The van der Waals surface area contributed by atoms with Gasteiger partial charge in [-0.05, 0) is 49.5 Å². The van der Waals surface area contributed by atoms with Crippen molar-refractivity contribution in [1.29, 1.82) is 0 Å². The molecule has 2 aromatic rings. The average Bonchev–Trinajstić information content (AvgIpc) is 3.09. The number of nitrogens with one attached hydrogen (secondary N) is 1. The number of allylic oxidation sites excluding steroid dienone is 2. The SMILES string of the molecule is C/C(=C\c1cc(CCC(F)(F)F)cn1C)C(=O)c1c(O)cc(C(C)CC/C=C/NC(=O)O)oc1=O. The minimum absolute atomic E-state index is 0.0908. The molecule has 11 heteroatoms. The Morgan fingerprint density at radius 2 is 1.97 bits per heavy atom. The number of ketones is 1. The van der Waals surface area contributed by atoms with E-state index in [1.165, 1.54) is 37.5 Å². The van der Waals surface area contributed by atoms with Gasteiger partial charge in [0.2, 0.25) is 0 Å². The van der Waals surface area contributed by atoms with Gasteiger partial charge in [-0.2, -0.15) is 13.2 Å². The average molecular weight is 496 g/mol. The summed E-state index contributed by atoms with van der Waals surface area (Å²) in [6, 6.07) is 2.72. The summed E-state index contributed by atoms with van der Waals surface area (Å²) in [5, 5.41) is 21.0. The van der Waals surface area contributed by atoms with Gasteiger partial charge in [-0.25, -0.2) is 9.59 Å². The molecule has 1 amide bonds. The third kappa shape index (κ3) is 8.20. The van der Waals surface area contributed by atoms with Crippen LogP contribution in [-0.2, 0) is 13.5 Å². The molecule has 0 aliphatic carbocycles. The first kappa shape index (κ1) is 27.5. The van der Waals surface area contributed by atoms with Crippen LogP contribution in [0.2, 0.25) is 0 Å². The van der Waals surface area contributed by atoms with Crippen molar-refractivity contribution in [3.05, 3.63) is 69.2 Å². The standard InChI is InChI=1S/C24H27F3N2O6/c1-14(6-4-5-9-28-23(33)34)19-12-18(30)20(22(32)35-19)21(31)15(2)10-17-11-16(13-29(17)3)7-8-24(25,26)27/h5,9-14,28,30H,4,6-8H2,1-3H3,(H,33,34)/b9-5+,15-10+. The van der Waals surface area contributed by atoms with Crippen LogP contribution in [0.25, 0.3) is 6.08 Å². The molecule has 0 aromatic carbocycles. The Bertz CT molecular complexity index is 1190. The molecule has 0 radical (unpaired) electrons. The van der Waals surface area contributed by atoms with E-state index in [0.29, 0.717) is 24.1 Å². The largest absolute Gasteiger partial charge is 0.507 e. The molecule has 3 N–H and O–H groups in total. The maximum atomic E-state index is 12.8. The Labute approximate surface area is 199 Å². The van der Waals surface area contributed by atoms with E-state index in [0.717, 1.165) is 0 Å². The molecule has 2 rings (SSSR count). The molecular formula is C24H27F3N2O6. The number of Topliss-reactive ketones (excluding diaryl/α,β-unsaturated/α-hetero) is 1. The lowest BCUT2D eigenvalue weighted by molar-refractivity contribution is -0.134. The predicted molar refractivity (Wildman–Crippen MR) is 122 cm³/mol. The molecule has 0 aliphatic heterocycles. The molecule has 8 nitrogen and oxygen atoms in total. The first-order chi connectivity index (χ1) is 16.3. The molecular weight excluding hydrogens is 469 g/mol. The van der Waals surface area contributed by atoms with Crippen molar-refractivity contribution in [3.8, 4) is 5.75 Å². The van der Waals surface area contributed by atoms with Gasteiger partial charge in [-0.15, -0.1) is 0 Å². The maximum absolute atomic E-state index is 12.8. The molecule has 0 aliphatic rings. The summed E-state index contributed by atoms with van der Waals surface area (Å²) in [7, 11) is 1.62. The van der Waals surface area contributed by atoms with Crippen LogP contribution in [0.15, 0.2) is 45.4 Å². The van der Waals surface area contributed by atoms with Crippen molar-refractivity contribution >= 4 is 18.0 Å². The molecule has 0 fully saturated rings. The van der Waals surface area contributed by atoms with Gasteiger partial charge in [0.05, 0.1) is 0 Å². The number of halogens is 3. The molecule has 2 heterocycles. The zero-order valence-corrected chi connectivity index (χ0v) is 19.5. The molecule has 0 spiro atoms. The Morgan fingerprint density at radius 3 is 2.57 bits per heavy atom. The van der Waals surface area contributed by atoms with Crippen LogP contribution in [-0.4, -0.2) is 32.8 Å². The Morgan fingerprint density at radius 1 is 1.29 bits per heavy atom. The van der Waals surface area contributed by atoms with E-state index >= 15 is 0 Å². The normalized spacial score (nSPS) is 13.3. The fourth-order valence-corrected chi connectivity index (χ4v) is 3.36. The van der Waals surface area contributed by atoms with E-state index in [-0.39, 0.29) is 23.7 Å². The quantitative estimate of drug-likeness (QED) is 0.310. The number of aryl methyl sites for hydroxylation is 2. The lowest BCUT2D eigenvalue weighted by Gasteiger charge is -2.11. The van der Waals surface area contributed by atoms with Crippen molar-refractivity contribution in [3.63, 3.8) is 0 Å². The van der Waals surface area contributed by atoms with Crippen LogP contribution in [0.1, 0.15) is 66.4 Å². The van der Waals surface area contributed by atoms with E-state index in [1.807, 2.05) is 0 Å². The number of carbonyl (C=O) groups is 2. The second kappa shape index (κ2) is 11.6. The third-order valence-corrected chi connectivity index (χ3v) is 5.27. The number of aromatic nitrogens is 1. The van der Waals surface area contributed by atoms with Gasteiger partial charge in [-0.1, -0.05) is 13.0 Å². The Balaban J connectivity index is 2.16. The Kier molecular flexibility index (Phi) is 9.10. The summed E-state index contributed by atoms with van der Waals surface area (Å²) in [6.07, 6.45) is 0.133. The predicted octanol–water partition coefficient (Wildman–Crippen LogP) is 5.13. The number of rotatable bonds is 10. The maximum Gasteiger partial charge on any atom is 0.408 e. The zero-order chi connectivity index (χ0) is 26.3. The first-order valence-electron chi connectivity index (χ1n) is 10.7. The molecule has 35 heavy (non-hydrogen) atoms. The van der Waals surface area contributed by atoms with Gasteiger partial charge in [0.1, 0.15) is 17.1 Å². The van der Waals surface area contributed by atoms with Crippen molar-refractivity contribution in [1.82, 2.24) is 9.88 Å². The number of amides is 1. The van der Waals surface area contributed by atoms with Crippen molar-refractivity contribution < 1.29 is 37.4 Å². The van der Waals surface area contributed by atoms with Gasteiger partial charge in [0, 0.05) is 43.5 Å². The number of aromatic hydroxyl groups is 1. The van der Waals surface area contributed by atoms with Crippen molar-refractivity contribution in [2.24, 2.45) is 7.05 Å². The summed E-state index contributed by atoms with van der Waals surface area (Å²) < 4.78 is 44.2. The number of nitrogens with zero attached hydrogens (tertiary/aromatic N) is 1.